The van der Waals surface area contributed by atoms with Gasteiger partial charge in [0.25, 0.3) is 5.91 Å². The normalized spacial score (nSPS) is 22.3. The molecule has 2 aliphatic rings. The third-order valence-corrected chi connectivity index (χ3v) is 5.05. The molecule has 26 heavy (non-hydrogen) atoms. The fraction of sp³-hybridized carbons (Fsp3) is 0.556. The number of carbonyl (C=O) groups is 3. The second-order valence-electron chi connectivity index (χ2n) is 7.38. The number of hydrogen-bond acceptors (Lipinski definition) is 5. The maximum atomic E-state index is 12.7. The average Bonchev–Trinajstić information content (AvgIpc) is 2.83. The molecule has 8 heteroatoms. The van der Waals surface area contributed by atoms with Gasteiger partial charge < -0.3 is 15.1 Å². The van der Waals surface area contributed by atoms with Gasteiger partial charge in [-0.1, -0.05) is 6.07 Å². The predicted molar refractivity (Wildman–Crippen MR) is 96.6 cm³/mol. The molecular weight excluding hydrogens is 334 g/mol. The van der Waals surface area contributed by atoms with Crippen LogP contribution in [0.3, 0.4) is 0 Å². The van der Waals surface area contributed by atoms with Gasteiger partial charge in [-0.25, -0.2) is 9.78 Å². The fourth-order valence-corrected chi connectivity index (χ4v) is 3.43. The van der Waals surface area contributed by atoms with Crippen molar-refractivity contribution in [2.45, 2.75) is 38.3 Å². The second kappa shape index (κ2) is 6.93. The maximum Gasteiger partial charge on any atom is 0.325 e. The first-order valence-electron chi connectivity index (χ1n) is 8.85. The lowest BCUT2D eigenvalue weighted by Crippen LogP contribution is -2.52. The van der Waals surface area contributed by atoms with Crippen LogP contribution in [0.15, 0.2) is 24.4 Å². The first-order chi connectivity index (χ1) is 12.3. The van der Waals surface area contributed by atoms with Crippen molar-refractivity contribution >= 4 is 23.7 Å². The number of hydrogen-bond donors (Lipinski definition) is 1. The Morgan fingerprint density at radius 3 is 2.77 bits per heavy atom. The molecule has 3 rings (SSSR count). The van der Waals surface area contributed by atoms with Crippen LogP contribution >= 0.6 is 0 Å². The van der Waals surface area contributed by atoms with Crippen molar-refractivity contribution in [1.82, 2.24) is 20.1 Å². The molecule has 0 aliphatic carbocycles. The zero-order valence-corrected chi connectivity index (χ0v) is 15.4. The Labute approximate surface area is 153 Å². The van der Waals surface area contributed by atoms with Crippen molar-refractivity contribution in [2.24, 2.45) is 0 Å². The highest BCUT2D eigenvalue weighted by Crippen LogP contribution is 2.21. The van der Waals surface area contributed by atoms with E-state index < -0.39 is 11.6 Å². The van der Waals surface area contributed by atoms with Crippen LogP contribution in [0.25, 0.3) is 0 Å². The molecule has 2 aliphatic heterocycles. The minimum absolute atomic E-state index is 0.0204. The molecule has 3 heterocycles. The van der Waals surface area contributed by atoms with Gasteiger partial charge >= 0.3 is 6.03 Å². The minimum atomic E-state index is -0.962. The topological polar surface area (TPSA) is 85.8 Å². The molecule has 140 valence electrons. The smallest absolute Gasteiger partial charge is 0.325 e. The molecule has 0 radical (unpaired) electrons. The van der Waals surface area contributed by atoms with Crippen molar-refractivity contribution in [1.29, 1.82) is 0 Å². The Hall–Kier alpha value is -2.64. The summed E-state index contributed by atoms with van der Waals surface area (Å²) in [4.78, 5) is 46.1. The van der Waals surface area contributed by atoms with Crippen molar-refractivity contribution in [3.8, 4) is 0 Å². The van der Waals surface area contributed by atoms with E-state index in [-0.39, 0.29) is 24.4 Å². The molecule has 2 fully saturated rings. The highest BCUT2D eigenvalue weighted by atomic mass is 16.2. The van der Waals surface area contributed by atoms with Gasteiger partial charge in [-0.05, 0) is 38.8 Å². The van der Waals surface area contributed by atoms with Gasteiger partial charge in [0.15, 0.2) is 0 Å². The average molecular weight is 359 g/mol. The summed E-state index contributed by atoms with van der Waals surface area (Å²) in [5, 5.41) is 2.60. The Balaban J connectivity index is 1.63. The lowest BCUT2D eigenvalue weighted by atomic mass is 10.0. The zero-order valence-electron chi connectivity index (χ0n) is 15.4. The summed E-state index contributed by atoms with van der Waals surface area (Å²) < 4.78 is 0. The number of anilines is 1. The van der Waals surface area contributed by atoms with Gasteiger partial charge in [0, 0.05) is 32.4 Å². The summed E-state index contributed by atoms with van der Waals surface area (Å²) in [5.74, 6) is 0.288. The molecule has 2 saturated heterocycles. The Bertz CT molecular complexity index is 706. The molecule has 0 aromatic carbocycles. The Morgan fingerprint density at radius 1 is 1.38 bits per heavy atom. The van der Waals surface area contributed by atoms with E-state index in [4.69, 9.17) is 0 Å². The van der Waals surface area contributed by atoms with Crippen LogP contribution in [0.4, 0.5) is 10.6 Å². The number of carbonyl (C=O) groups excluding carboxylic acids is 3. The van der Waals surface area contributed by atoms with Crippen LogP contribution in [-0.4, -0.2) is 70.9 Å². The van der Waals surface area contributed by atoms with Crippen LogP contribution in [0.5, 0.6) is 0 Å². The molecule has 1 aromatic heterocycles. The zero-order chi connectivity index (χ0) is 18.9. The predicted octanol–water partition coefficient (Wildman–Crippen LogP) is 0.839. The summed E-state index contributed by atoms with van der Waals surface area (Å²) in [6, 6.07) is 5.28. The van der Waals surface area contributed by atoms with E-state index in [1.807, 2.05) is 18.2 Å². The van der Waals surface area contributed by atoms with Crippen LogP contribution in [0.1, 0.15) is 26.7 Å². The van der Waals surface area contributed by atoms with Gasteiger partial charge in [0.1, 0.15) is 17.9 Å². The molecule has 0 bridgehead atoms. The van der Waals surface area contributed by atoms with Gasteiger partial charge in [-0.2, -0.15) is 0 Å². The number of urea groups is 1. The van der Waals surface area contributed by atoms with Gasteiger partial charge in [-0.3, -0.25) is 14.5 Å². The quantitative estimate of drug-likeness (QED) is 0.805. The second-order valence-corrected chi connectivity index (χ2v) is 7.38. The Morgan fingerprint density at radius 2 is 2.15 bits per heavy atom. The van der Waals surface area contributed by atoms with E-state index in [0.717, 1.165) is 30.1 Å². The SMILES string of the molecule is CN(C(=O)CN1C(=O)NC(C)(C)C1=O)[C@H]1CCCN(c2ccccn2)C1. The highest BCUT2D eigenvalue weighted by Gasteiger charge is 2.45. The third kappa shape index (κ3) is 3.49. The molecule has 0 unspecified atom stereocenters. The molecule has 0 saturated carbocycles. The van der Waals surface area contributed by atoms with E-state index >= 15 is 0 Å². The maximum absolute atomic E-state index is 12.7. The lowest BCUT2D eigenvalue weighted by molar-refractivity contribution is -0.139. The number of nitrogens with zero attached hydrogens (tertiary/aromatic N) is 4. The van der Waals surface area contributed by atoms with Crippen molar-refractivity contribution < 1.29 is 14.4 Å². The molecule has 1 atom stereocenters. The number of likely N-dealkylation sites (N-methyl/N-ethyl adjacent to an activating group) is 1. The van der Waals surface area contributed by atoms with E-state index in [2.05, 4.69) is 15.2 Å². The van der Waals surface area contributed by atoms with Gasteiger partial charge in [-0.15, -0.1) is 0 Å². The first kappa shape index (κ1) is 18.2. The van der Waals surface area contributed by atoms with Gasteiger partial charge in [0.2, 0.25) is 5.91 Å². The van der Waals surface area contributed by atoms with Crippen LogP contribution in [0, 0.1) is 0 Å². The summed E-state index contributed by atoms with van der Waals surface area (Å²) >= 11 is 0. The van der Waals surface area contributed by atoms with Crippen molar-refractivity contribution in [3.05, 3.63) is 24.4 Å². The molecular formula is C18H25N5O3. The van der Waals surface area contributed by atoms with Gasteiger partial charge in [0.05, 0.1) is 0 Å². The minimum Gasteiger partial charge on any atom is -0.355 e. The summed E-state index contributed by atoms with van der Waals surface area (Å²) in [5.41, 5.74) is -0.962. The fourth-order valence-electron chi connectivity index (χ4n) is 3.43. The molecule has 8 nitrogen and oxygen atoms in total. The molecule has 0 spiro atoms. The van der Waals surface area contributed by atoms with E-state index in [1.165, 1.54) is 0 Å². The number of amides is 4. The molecule has 1 N–H and O–H groups in total. The number of imide groups is 1. The number of aromatic nitrogens is 1. The Kier molecular flexibility index (Phi) is 4.84. The number of nitrogens with one attached hydrogen (secondary N) is 1. The number of rotatable bonds is 4. The van der Waals surface area contributed by atoms with Crippen LogP contribution in [0.2, 0.25) is 0 Å². The summed E-state index contributed by atoms with van der Waals surface area (Å²) in [6.07, 6.45) is 3.60. The largest absolute Gasteiger partial charge is 0.355 e. The lowest BCUT2D eigenvalue weighted by Gasteiger charge is -2.38. The van der Waals surface area contributed by atoms with E-state index in [0.29, 0.717) is 6.54 Å². The number of piperidine rings is 1. The molecule has 4 amide bonds. The van der Waals surface area contributed by atoms with Crippen molar-refractivity contribution in [3.63, 3.8) is 0 Å². The van der Waals surface area contributed by atoms with E-state index in [9.17, 15) is 14.4 Å². The molecule has 1 aromatic rings. The van der Waals surface area contributed by atoms with Crippen LogP contribution in [-0.2, 0) is 9.59 Å². The summed E-state index contributed by atoms with van der Waals surface area (Å²) in [7, 11) is 1.73. The van der Waals surface area contributed by atoms with Crippen molar-refractivity contribution in [2.75, 3.05) is 31.6 Å². The van der Waals surface area contributed by atoms with Crippen LogP contribution < -0.4 is 10.2 Å². The summed E-state index contributed by atoms with van der Waals surface area (Å²) in [6.45, 7) is 4.62. The first-order valence-corrected chi connectivity index (χ1v) is 8.85. The highest BCUT2D eigenvalue weighted by molar-refractivity contribution is 6.08. The standard InChI is InChI=1S/C18H25N5O3/c1-18(2)16(25)23(17(26)20-18)12-15(24)21(3)13-7-6-10-22(11-13)14-8-4-5-9-19-14/h4-5,8-9,13H,6-7,10-12H2,1-3H3,(H,20,26)/t13-/m0/s1. The number of pyridine rings is 1. The van der Waals surface area contributed by atoms with E-state index in [1.54, 1.807) is 32.0 Å². The monoisotopic (exact) mass is 359 g/mol. The third-order valence-electron chi connectivity index (χ3n) is 5.05.